The lowest BCUT2D eigenvalue weighted by Crippen LogP contribution is -2.15. The van der Waals surface area contributed by atoms with Gasteiger partial charge in [-0.05, 0) is 42.8 Å². The molecule has 0 fully saturated rings. The highest BCUT2D eigenvalue weighted by Gasteiger charge is 2.19. The van der Waals surface area contributed by atoms with Gasteiger partial charge in [0.2, 0.25) is 0 Å². The van der Waals surface area contributed by atoms with Crippen molar-refractivity contribution in [3.63, 3.8) is 0 Å². The molecular formula is C13H12ClFN2O2S. The third-order valence-electron chi connectivity index (χ3n) is 2.71. The summed E-state index contributed by atoms with van der Waals surface area (Å²) in [5.41, 5.74) is 6.44. The first-order chi connectivity index (χ1) is 9.29. The molecule has 0 aliphatic rings. The number of nitrogens with two attached hydrogens (primary N) is 1. The molecule has 0 saturated heterocycles. The lowest BCUT2D eigenvalue weighted by Gasteiger charge is -2.12. The maximum absolute atomic E-state index is 13.0. The van der Waals surface area contributed by atoms with Crippen molar-refractivity contribution in [3.8, 4) is 0 Å². The molecule has 0 aliphatic carbocycles. The third-order valence-corrected chi connectivity index (χ3v) is 4.38. The first kappa shape index (κ1) is 14.6. The van der Waals surface area contributed by atoms with E-state index in [2.05, 4.69) is 4.72 Å². The van der Waals surface area contributed by atoms with E-state index in [0.29, 0.717) is 16.3 Å². The highest BCUT2D eigenvalue weighted by Crippen LogP contribution is 2.26. The van der Waals surface area contributed by atoms with E-state index in [9.17, 15) is 12.8 Å². The summed E-state index contributed by atoms with van der Waals surface area (Å²) in [4.78, 5) is -0.182. The zero-order chi connectivity index (χ0) is 14.9. The molecule has 106 valence electrons. The van der Waals surface area contributed by atoms with Gasteiger partial charge in [0.1, 0.15) is 10.7 Å². The van der Waals surface area contributed by atoms with Crippen LogP contribution in [-0.4, -0.2) is 8.42 Å². The molecule has 2 aromatic carbocycles. The van der Waals surface area contributed by atoms with Crippen molar-refractivity contribution in [1.82, 2.24) is 0 Å². The van der Waals surface area contributed by atoms with E-state index in [1.807, 2.05) is 0 Å². The summed E-state index contributed by atoms with van der Waals surface area (Å²) < 4.78 is 39.8. The fourth-order valence-electron chi connectivity index (χ4n) is 1.67. The predicted octanol–water partition coefficient (Wildman–Crippen LogP) is 3.17. The number of hydrogen-bond acceptors (Lipinski definition) is 3. The summed E-state index contributed by atoms with van der Waals surface area (Å²) in [5, 5.41) is 0.403. The average Bonchev–Trinajstić information content (AvgIpc) is 2.33. The number of nitrogens with one attached hydrogen (secondary N) is 1. The maximum atomic E-state index is 13.0. The Bertz CT molecular complexity index is 763. The van der Waals surface area contributed by atoms with Gasteiger partial charge in [0.15, 0.2) is 0 Å². The Labute approximate surface area is 121 Å². The van der Waals surface area contributed by atoms with Crippen molar-refractivity contribution in [3.05, 3.63) is 52.8 Å². The fourth-order valence-corrected chi connectivity index (χ4v) is 3.08. The summed E-state index contributed by atoms with van der Waals surface area (Å²) >= 11 is 5.83. The van der Waals surface area contributed by atoms with Gasteiger partial charge in [-0.1, -0.05) is 17.7 Å². The SMILES string of the molecule is Cc1ccc(Cl)cc1NS(=O)(=O)c1ccc(F)cc1N. The number of rotatable bonds is 3. The van der Waals surface area contributed by atoms with E-state index in [0.717, 1.165) is 18.2 Å². The monoisotopic (exact) mass is 314 g/mol. The summed E-state index contributed by atoms with van der Waals surface area (Å²) in [5.74, 6) is -0.597. The number of nitrogen functional groups attached to an aromatic ring is 1. The Morgan fingerprint density at radius 2 is 1.90 bits per heavy atom. The zero-order valence-electron chi connectivity index (χ0n) is 10.5. The molecule has 0 spiro atoms. The Balaban J connectivity index is 2.43. The van der Waals surface area contributed by atoms with Gasteiger partial charge >= 0.3 is 0 Å². The largest absolute Gasteiger partial charge is 0.398 e. The minimum atomic E-state index is -3.90. The van der Waals surface area contributed by atoms with E-state index in [1.54, 1.807) is 19.1 Å². The quantitative estimate of drug-likeness (QED) is 0.855. The van der Waals surface area contributed by atoms with Gasteiger partial charge in [-0.2, -0.15) is 0 Å². The van der Waals surface area contributed by atoms with E-state index < -0.39 is 15.8 Å². The fraction of sp³-hybridized carbons (Fsp3) is 0.0769. The topological polar surface area (TPSA) is 72.2 Å². The van der Waals surface area contributed by atoms with Gasteiger partial charge in [0.25, 0.3) is 10.0 Å². The standard InChI is InChI=1S/C13H12ClFN2O2S/c1-8-2-3-9(14)6-12(8)17-20(18,19)13-5-4-10(15)7-11(13)16/h2-7,17H,16H2,1H3. The number of hydrogen-bond donors (Lipinski definition) is 2. The van der Waals surface area contributed by atoms with E-state index in [1.165, 1.54) is 6.07 Å². The first-order valence-electron chi connectivity index (χ1n) is 5.63. The average molecular weight is 315 g/mol. The van der Waals surface area contributed by atoms with Crippen molar-refractivity contribution in [2.24, 2.45) is 0 Å². The van der Waals surface area contributed by atoms with Gasteiger partial charge < -0.3 is 5.73 Å². The number of anilines is 2. The number of aryl methyl sites for hydroxylation is 1. The smallest absolute Gasteiger partial charge is 0.263 e. The molecule has 0 bridgehead atoms. The molecular weight excluding hydrogens is 303 g/mol. The Morgan fingerprint density at radius 3 is 2.55 bits per heavy atom. The second kappa shape index (κ2) is 5.30. The molecule has 0 heterocycles. The van der Waals surface area contributed by atoms with E-state index in [4.69, 9.17) is 17.3 Å². The maximum Gasteiger partial charge on any atom is 0.263 e. The van der Waals surface area contributed by atoms with Crippen molar-refractivity contribution in [2.45, 2.75) is 11.8 Å². The zero-order valence-corrected chi connectivity index (χ0v) is 12.1. The minimum absolute atomic E-state index is 0.155. The van der Waals surface area contributed by atoms with Crippen molar-refractivity contribution >= 4 is 33.0 Å². The van der Waals surface area contributed by atoms with Crippen LogP contribution < -0.4 is 10.5 Å². The predicted molar refractivity (Wildman–Crippen MR) is 77.8 cm³/mol. The highest BCUT2D eigenvalue weighted by molar-refractivity contribution is 7.92. The lowest BCUT2D eigenvalue weighted by atomic mass is 10.2. The van der Waals surface area contributed by atoms with Crippen LogP contribution in [0, 0.1) is 12.7 Å². The number of benzene rings is 2. The van der Waals surface area contributed by atoms with Gasteiger partial charge in [0.05, 0.1) is 11.4 Å². The van der Waals surface area contributed by atoms with Crippen LogP contribution in [0.1, 0.15) is 5.56 Å². The van der Waals surface area contributed by atoms with E-state index >= 15 is 0 Å². The molecule has 4 nitrogen and oxygen atoms in total. The molecule has 0 atom stereocenters. The molecule has 7 heteroatoms. The second-order valence-corrected chi connectivity index (χ2v) is 6.33. The molecule has 3 N–H and O–H groups in total. The Morgan fingerprint density at radius 1 is 1.20 bits per heavy atom. The summed E-state index contributed by atoms with van der Waals surface area (Å²) in [7, 11) is -3.90. The number of halogens is 2. The van der Waals surface area contributed by atoms with Crippen LogP contribution in [0.2, 0.25) is 5.02 Å². The minimum Gasteiger partial charge on any atom is -0.398 e. The van der Waals surface area contributed by atoms with E-state index in [-0.39, 0.29) is 10.6 Å². The van der Waals surface area contributed by atoms with Crippen LogP contribution in [0.5, 0.6) is 0 Å². The van der Waals surface area contributed by atoms with Crippen molar-refractivity contribution < 1.29 is 12.8 Å². The molecule has 2 rings (SSSR count). The Kier molecular flexibility index (Phi) is 3.87. The Hall–Kier alpha value is -1.79. The molecule has 0 unspecified atom stereocenters. The summed E-state index contributed by atoms with van der Waals surface area (Å²) in [6, 6.07) is 7.95. The third kappa shape index (κ3) is 3.02. The van der Waals surface area contributed by atoms with Gasteiger partial charge in [-0.15, -0.1) is 0 Å². The number of sulfonamides is 1. The summed E-state index contributed by atoms with van der Waals surface area (Å²) in [6.07, 6.45) is 0. The van der Waals surface area contributed by atoms with Gasteiger partial charge in [-0.3, -0.25) is 4.72 Å². The van der Waals surface area contributed by atoms with Crippen LogP contribution in [-0.2, 0) is 10.0 Å². The summed E-state index contributed by atoms with van der Waals surface area (Å²) in [6.45, 7) is 1.74. The molecule has 0 saturated carbocycles. The first-order valence-corrected chi connectivity index (χ1v) is 7.50. The van der Waals surface area contributed by atoms with Crippen LogP contribution in [0.25, 0.3) is 0 Å². The normalized spacial score (nSPS) is 11.3. The van der Waals surface area contributed by atoms with Crippen LogP contribution in [0.15, 0.2) is 41.3 Å². The van der Waals surface area contributed by atoms with Crippen LogP contribution >= 0.6 is 11.6 Å². The second-order valence-electron chi connectivity index (χ2n) is 4.25. The molecule has 2 aromatic rings. The van der Waals surface area contributed by atoms with Crippen LogP contribution in [0.4, 0.5) is 15.8 Å². The lowest BCUT2D eigenvalue weighted by molar-refractivity contribution is 0.600. The van der Waals surface area contributed by atoms with Crippen LogP contribution in [0.3, 0.4) is 0 Å². The van der Waals surface area contributed by atoms with Gasteiger partial charge in [-0.25, -0.2) is 12.8 Å². The highest BCUT2D eigenvalue weighted by atomic mass is 35.5. The van der Waals surface area contributed by atoms with Crippen molar-refractivity contribution in [2.75, 3.05) is 10.5 Å². The molecule has 0 amide bonds. The molecule has 0 aromatic heterocycles. The molecule has 0 radical (unpaired) electrons. The van der Waals surface area contributed by atoms with Gasteiger partial charge in [0, 0.05) is 5.02 Å². The van der Waals surface area contributed by atoms with Crippen molar-refractivity contribution in [1.29, 1.82) is 0 Å². The molecule has 20 heavy (non-hydrogen) atoms. The molecule has 0 aliphatic heterocycles.